The maximum Gasteiger partial charge on any atom is 0.261 e. The van der Waals surface area contributed by atoms with E-state index in [-0.39, 0.29) is 35.0 Å². The predicted octanol–water partition coefficient (Wildman–Crippen LogP) is 3.72. The molecule has 2 amide bonds. The van der Waals surface area contributed by atoms with Crippen LogP contribution in [0.25, 0.3) is 0 Å². The number of fused-ring (bicyclic) bond motifs is 1. The molecule has 2 aliphatic rings. The molecule has 0 spiro atoms. The molecule has 1 saturated carbocycles. The van der Waals surface area contributed by atoms with Crippen LogP contribution < -0.4 is 16.1 Å². The van der Waals surface area contributed by atoms with Crippen molar-refractivity contribution in [3.8, 4) is 0 Å². The number of hydrogen-bond donors (Lipinski definition) is 1. The van der Waals surface area contributed by atoms with Crippen molar-refractivity contribution in [3.05, 3.63) is 96.1 Å². The second kappa shape index (κ2) is 8.86. The van der Waals surface area contributed by atoms with Crippen LogP contribution in [0.15, 0.2) is 84.9 Å². The van der Waals surface area contributed by atoms with Gasteiger partial charge in [0.15, 0.2) is 0 Å². The summed E-state index contributed by atoms with van der Waals surface area (Å²) in [6, 6.07) is 27.4. The van der Waals surface area contributed by atoms with E-state index in [9.17, 15) is 9.59 Å². The predicted molar refractivity (Wildman–Crippen MR) is 140 cm³/mol. The number of nitrogens with two attached hydrogens (primary N) is 1. The van der Waals surface area contributed by atoms with Gasteiger partial charge in [0.25, 0.3) is 20.1 Å². The zero-order valence-corrected chi connectivity index (χ0v) is 21.5. The van der Waals surface area contributed by atoms with Gasteiger partial charge in [0, 0.05) is 12.1 Å². The smallest absolute Gasteiger partial charge is 0.261 e. The van der Waals surface area contributed by atoms with E-state index in [0.29, 0.717) is 24.0 Å². The Morgan fingerprint density at radius 2 is 1.23 bits per heavy atom. The summed E-state index contributed by atoms with van der Waals surface area (Å²) in [5, 5.41) is 2.20. The highest BCUT2D eigenvalue weighted by molar-refractivity contribution is 6.99. The van der Waals surface area contributed by atoms with Crippen molar-refractivity contribution < 1.29 is 14.0 Å². The largest absolute Gasteiger partial charge is 0.403 e. The third-order valence-corrected chi connectivity index (χ3v) is 12.5. The lowest BCUT2D eigenvalue weighted by Crippen LogP contribution is -2.68. The van der Waals surface area contributed by atoms with E-state index in [2.05, 4.69) is 69.3 Å². The lowest BCUT2D eigenvalue weighted by molar-refractivity contribution is 0.0577. The number of benzene rings is 3. The second-order valence-electron chi connectivity index (χ2n) is 10.6. The highest BCUT2D eigenvalue weighted by Gasteiger charge is 2.54. The zero-order chi connectivity index (χ0) is 24.8. The van der Waals surface area contributed by atoms with Gasteiger partial charge in [0.2, 0.25) is 0 Å². The summed E-state index contributed by atoms with van der Waals surface area (Å²) in [5.74, 6) is -0.456. The molecular weight excluding hydrogens is 452 g/mol. The fraction of sp³-hybridized carbons (Fsp3) is 0.310. The van der Waals surface area contributed by atoms with E-state index < -0.39 is 8.32 Å². The first-order valence-electron chi connectivity index (χ1n) is 12.3. The highest BCUT2D eigenvalue weighted by atomic mass is 28.4. The van der Waals surface area contributed by atoms with Crippen molar-refractivity contribution in [1.29, 1.82) is 0 Å². The van der Waals surface area contributed by atoms with Crippen LogP contribution in [0.1, 0.15) is 54.3 Å². The SMILES string of the molecule is CC(C)(C)[Si](OC1CC(N2C(=O)c3ccccc3C2=O)CC1N)(c1ccccc1)c1ccccc1. The van der Waals surface area contributed by atoms with Crippen molar-refractivity contribution in [3.63, 3.8) is 0 Å². The first kappa shape index (κ1) is 23.7. The van der Waals surface area contributed by atoms with Gasteiger partial charge in [-0.25, -0.2) is 0 Å². The molecule has 0 saturated heterocycles. The van der Waals surface area contributed by atoms with Gasteiger partial charge in [-0.3, -0.25) is 14.5 Å². The molecule has 1 aliphatic heterocycles. The average molecular weight is 485 g/mol. The van der Waals surface area contributed by atoms with Gasteiger partial charge in [-0.15, -0.1) is 0 Å². The van der Waals surface area contributed by atoms with Crippen molar-refractivity contribution >= 4 is 30.5 Å². The van der Waals surface area contributed by atoms with E-state index >= 15 is 0 Å². The Labute approximate surface area is 208 Å². The molecule has 1 aliphatic carbocycles. The number of rotatable bonds is 5. The van der Waals surface area contributed by atoms with Crippen LogP contribution in [0.4, 0.5) is 0 Å². The third kappa shape index (κ3) is 3.86. The summed E-state index contributed by atoms with van der Waals surface area (Å²) in [4.78, 5) is 27.7. The van der Waals surface area contributed by atoms with E-state index in [1.165, 1.54) is 15.3 Å². The molecule has 180 valence electrons. The van der Waals surface area contributed by atoms with Crippen molar-refractivity contribution in [2.24, 2.45) is 5.73 Å². The van der Waals surface area contributed by atoms with Crippen molar-refractivity contribution in [2.75, 3.05) is 0 Å². The molecule has 5 nitrogen and oxygen atoms in total. The molecule has 0 radical (unpaired) electrons. The van der Waals surface area contributed by atoms with E-state index in [0.717, 1.165) is 0 Å². The lowest BCUT2D eigenvalue weighted by Gasteiger charge is -2.45. The molecule has 0 bridgehead atoms. The Bertz CT molecular complexity index is 1170. The topological polar surface area (TPSA) is 72.6 Å². The summed E-state index contributed by atoms with van der Waals surface area (Å²) >= 11 is 0. The first-order valence-corrected chi connectivity index (χ1v) is 14.2. The number of imide groups is 1. The number of carbonyl (C=O) groups excluding carboxylic acids is 2. The van der Waals surface area contributed by atoms with Crippen LogP contribution in [-0.2, 0) is 4.43 Å². The molecule has 3 aromatic carbocycles. The Morgan fingerprint density at radius 3 is 1.69 bits per heavy atom. The lowest BCUT2D eigenvalue weighted by atomic mass is 10.1. The van der Waals surface area contributed by atoms with Crippen LogP contribution in [0.5, 0.6) is 0 Å². The minimum absolute atomic E-state index is 0.178. The first-order chi connectivity index (χ1) is 16.7. The standard InChI is InChI=1S/C29H32N2O3Si/c1-29(2,3)35(21-12-6-4-7-13-21,22-14-8-5-9-15-22)34-26-19-20(18-25(26)30)31-27(32)23-16-10-11-17-24(23)28(31)33/h4-17,20,25-26H,18-19,30H2,1-3H3. The second-order valence-corrected chi connectivity index (χ2v) is 14.9. The number of nitrogens with zero attached hydrogens (tertiary/aromatic N) is 1. The maximum atomic E-state index is 13.1. The normalized spacial score (nSPS) is 22.5. The Morgan fingerprint density at radius 1 is 0.771 bits per heavy atom. The molecule has 0 aromatic heterocycles. The van der Waals surface area contributed by atoms with E-state index in [1.807, 2.05) is 12.1 Å². The maximum absolute atomic E-state index is 13.1. The summed E-state index contributed by atoms with van der Waals surface area (Å²) in [5.41, 5.74) is 7.64. The van der Waals surface area contributed by atoms with Crippen LogP contribution in [0, 0.1) is 0 Å². The zero-order valence-electron chi connectivity index (χ0n) is 20.5. The highest BCUT2D eigenvalue weighted by Crippen LogP contribution is 2.41. The van der Waals surface area contributed by atoms with Crippen LogP contribution in [0.3, 0.4) is 0 Å². The Kier molecular flexibility index (Phi) is 5.99. The van der Waals surface area contributed by atoms with Crippen LogP contribution in [0.2, 0.25) is 5.04 Å². The molecule has 1 fully saturated rings. The molecular formula is C29H32N2O3Si. The van der Waals surface area contributed by atoms with Crippen molar-refractivity contribution in [1.82, 2.24) is 4.90 Å². The molecule has 2 N–H and O–H groups in total. The molecule has 6 heteroatoms. The van der Waals surface area contributed by atoms with Gasteiger partial charge in [-0.05, 0) is 40.4 Å². The quantitative estimate of drug-likeness (QED) is 0.443. The molecule has 3 atom stereocenters. The summed E-state index contributed by atoms with van der Waals surface area (Å²) < 4.78 is 7.25. The molecule has 5 rings (SSSR count). The van der Waals surface area contributed by atoms with E-state index in [4.69, 9.17) is 10.2 Å². The fourth-order valence-electron chi connectivity index (χ4n) is 5.81. The summed E-state index contributed by atoms with van der Waals surface area (Å²) in [7, 11) is -2.79. The monoisotopic (exact) mass is 484 g/mol. The van der Waals surface area contributed by atoms with Crippen LogP contribution >= 0.6 is 0 Å². The number of carbonyl (C=O) groups is 2. The number of hydrogen-bond acceptors (Lipinski definition) is 4. The van der Waals surface area contributed by atoms with Gasteiger partial charge in [0.1, 0.15) is 0 Å². The van der Waals surface area contributed by atoms with Gasteiger partial charge in [-0.2, -0.15) is 0 Å². The third-order valence-electron chi connectivity index (χ3n) is 7.46. The Hall–Kier alpha value is -3.06. The minimum Gasteiger partial charge on any atom is -0.403 e. The Balaban J connectivity index is 1.51. The molecule has 1 heterocycles. The molecule has 3 aromatic rings. The van der Waals surface area contributed by atoms with Gasteiger partial charge in [-0.1, -0.05) is 93.6 Å². The average Bonchev–Trinajstić information content (AvgIpc) is 3.33. The van der Waals surface area contributed by atoms with Crippen LogP contribution in [-0.4, -0.2) is 43.2 Å². The summed E-state index contributed by atoms with van der Waals surface area (Å²) in [6.45, 7) is 6.71. The van der Waals surface area contributed by atoms with Crippen molar-refractivity contribution in [2.45, 2.75) is 56.8 Å². The molecule has 35 heavy (non-hydrogen) atoms. The fourth-order valence-corrected chi connectivity index (χ4v) is 10.5. The minimum atomic E-state index is -2.79. The number of amides is 2. The summed E-state index contributed by atoms with van der Waals surface area (Å²) in [6.07, 6.45) is 0.807. The van der Waals surface area contributed by atoms with Gasteiger partial charge in [0.05, 0.1) is 17.2 Å². The van der Waals surface area contributed by atoms with Gasteiger partial charge < -0.3 is 10.2 Å². The molecule has 3 unspecified atom stereocenters. The van der Waals surface area contributed by atoms with E-state index in [1.54, 1.807) is 24.3 Å². The van der Waals surface area contributed by atoms with Gasteiger partial charge >= 0.3 is 0 Å².